The Morgan fingerprint density at radius 2 is 1.90 bits per heavy atom. The topological polar surface area (TPSA) is 90.8 Å². The zero-order valence-corrected chi connectivity index (χ0v) is 11.8. The minimum Gasteiger partial charge on any atom is -0.304 e. The van der Waals surface area contributed by atoms with Crippen LogP contribution in [0.3, 0.4) is 0 Å². The van der Waals surface area contributed by atoms with Crippen molar-refractivity contribution < 1.29 is 8.42 Å². The summed E-state index contributed by atoms with van der Waals surface area (Å²) in [5, 5.41) is 6.06. The number of nitrogens with zero attached hydrogens (tertiary/aromatic N) is 4. The molecule has 8 nitrogen and oxygen atoms in total. The molecule has 1 aliphatic rings. The fourth-order valence-corrected chi connectivity index (χ4v) is 3.64. The maximum atomic E-state index is 12.5. The molecule has 3 heterocycles. The molecule has 0 saturated carbocycles. The van der Waals surface area contributed by atoms with Crippen LogP contribution in [-0.2, 0) is 10.0 Å². The van der Waals surface area contributed by atoms with E-state index in [0.717, 1.165) is 0 Å². The molecule has 1 N–H and O–H groups in total. The first kappa shape index (κ1) is 13.3. The average molecular weight is 297 g/mol. The Morgan fingerprint density at radius 1 is 1.20 bits per heavy atom. The third-order valence-electron chi connectivity index (χ3n) is 3.48. The molecule has 0 radical (unpaired) electrons. The minimum atomic E-state index is -3.57. The number of aromatic nitrogens is 3. The predicted molar refractivity (Wildman–Crippen MR) is 72.1 cm³/mol. The van der Waals surface area contributed by atoms with E-state index in [-0.39, 0.29) is 4.90 Å². The highest BCUT2D eigenvalue weighted by atomic mass is 32.2. The first-order valence-corrected chi connectivity index (χ1v) is 7.68. The molecular weight excluding hydrogens is 282 g/mol. The van der Waals surface area contributed by atoms with Crippen molar-refractivity contribution in [2.24, 2.45) is 0 Å². The first-order chi connectivity index (χ1) is 9.48. The number of hydrogen-bond donors (Lipinski definition) is 1. The number of aromatic amines is 1. The molecule has 0 atom stereocenters. The van der Waals surface area contributed by atoms with Crippen LogP contribution in [0.1, 0.15) is 0 Å². The molecule has 3 rings (SSSR count). The number of piperazine rings is 1. The van der Waals surface area contributed by atoms with E-state index >= 15 is 0 Å². The van der Waals surface area contributed by atoms with Crippen LogP contribution in [0.5, 0.6) is 0 Å². The van der Waals surface area contributed by atoms with Gasteiger partial charge in [0.1, 0.15) is 0 Å². The van der Waals surface area contributed by atoms with Crippen molar-refractivity contribution in [3.8, 4) is 0 Å². The number of likely N-dealkylation sites (N-methyl/N-ethyl adjacent to an activating group) is 1. The van der Waals surface area contributed by atoms with Crippen LogP contribution in [0.4, 0.5) is 0 Å². The summed E-state index contributed by atoms with van der Waals surface area (Å²) in [5.41, 5.74) is -0.0530. The van der Waals surface area contributed by atoms with Crippen LogP contribution in [-0.4, -0.2) is 65.4 Å². The fraction of sp³-hybridized carbons (Fsp3) is 0.455. The second kappa shape index (κ2) is 4.69. The highest BCUT2D eigenvalue weighted by molar-refractivity contribution is 7.89. The van der Waals surface area contributed by atoms with Gasteiger partial charge in [0, 0.05) is 32.4 Å². The van der Waals surface area contributed by atoms with Gasteiger partial charge >= 0.3 is 5.69 Å². The van der Waals surface area contributed by atoms with Crippen molar-refractivity contribution in [2.75, 3.05) is 33.2 Å². The van der Waals surface area contributed by atoms with E-state index in [9.17, 15) is 13.2 Å². The summed E-state index contributed by atoms with van der Waals surface area (Å²) in [5.74, 6) is 0. The number of rotatable bonds is 2. The summed E-state index contributed by atoms with van der Waals surface area (Å²) in [7, 11) is -1.61. The van der Waals surface area contributed by atoms with E-state index in [1.54, 1.807) is 0 Å². The van der Waals surface area contributed by atoms with E-state index in [1.165, 1.54) is 27.0 Å². The Morgan fingerprint density at radius 3 is 2.60 bits per heavy atom. The Labute approximate surface area is 115 Å². The second-order valence-electron chi connectivity index (χ2n) is 4.83. The highest BCUT2D eigenvalue weighted by Crippen LogP contribution is 2.17. The Hall–Kier alpha value is -1.71. The normalized spacial score (nSPS) is 18.6. The Bertz CT molecular complexity index is 786. The van der Waals surface area contributed by atoms with Gasteiger partial charge in [-0.1, -0.05) is 0 Å². The first-order valence-electron chi connectivity index (χ1n) is 6.24. The second-order valence-corrected chi connectivity index (χ2v) is 6.77. The van der Waals surface area contributed by atoms with Gasteiger partial charge in [0.25, 0.3) is 0 Å². The van der Waals surface area contributed by atoms with E-state index in [1.807, 2.05) is 7.05 Å². The van der Waals surface area contributed by atoms with Gasteiger partial charge in [-0.15, -0.1) is 0 Å². The summed E-state index contributed by atoms with van der Waals surface area (Å²) >= 11 is 0. The monoisotopic (exact) mass is 297 g/mol. The SMILES string of the molecule is CN1CCN(S(=O)(=O)c2ccc3n[nH]c(=O)n3c2)CC1. The van der Waals surface area contributed by atoms with Crippen LogP contribution in [0.25, 0.3) is 5.65 Å². The van der Waals surface area contributed by atoms with Gasteiger partial charge in [-0.3, -0.25) is 0 Å². The maximum Gasteiger partial charge on any atom is 0.347 e. The molecule has 0 bridgehead atoms. The predicted octanol–water partition coefficient (Wildman–Crippen LogP) is -1.04. The highest BCUT2D eigenvalue weighted by Gasteiger charge is 2.27. The van der Waals surface area contributed by atoms with Crippen LogP contribution >= 0.6 is 0 Å². The van der Waals surface area contributed by atoms with Crippen molar-refractivity contribution in [3.05, 3.63) is 28.8 Å². The number of H-pyrrole nitrogens is 1. The third-order valence-corrected chi connectivity index (χ3v) is 5.37. The Balaban J connectivity index is 2.00. The van der Waals surface area contributed by atoms with Gasteiger partial charge < -0.3 is 4.90 Å². The zero-order chi connectivity index (χ0) is 14.3. The molecular formula is C11H15N5O3S. The smallest absolute Gasteiger partial charge is 0.304 e. The van der Waals surface area contributed by atoms with Crippen molar-refractivity contribution in [1.29, 1.82) is 0 Å². The van der Waals surface area contributed by atoms with Crippen LogP contribution in [0, 0.1) is 0 Å². The van der Waals surface area contributed by atoms with Crippen molar-refractivity contribution >= 4 is 15.7 Å². The minimum absolute atomic E-state index is 0.109. The average Bonchev–Trinajstić information content (AvgIpc) is 2.80. The summed E-state index contributed by atoms with van der Waals surface area (Å²) in [6.07, 6.45) is 1.31. The summed E-state index contributed by atoms with van der Waals surface area (Å²) in [4.78, 5) is 13.7. The van der Waals surface area contributed by atoms with Crippen molar-refractivity contribution in [3.63, 3.8) is 0 Å². The molecule has 0 aliphatic carbocycles. The molecule has 1 fully saturated rings. The lowest BCUT2D eigenvalue weighted by atomic mass is 10.4. The lowest BCUT2D eigenvalue weighted by molar-refractivity contribution is 0.222. The molecule has 1 aliphatic heterocycles. The van der Waals surface area contributed by atoms with Crippen LogP contribution < -0.4 is 5.69 Å². The fourth-order valence-electron chi connectivity index (χ4n) is 2.22. The molecule has 1 saturated heterocycles. The number of pyridine rings is 1. The van der Waals surface area contributed by atoms with Crippen LogP contribution in [0.15, 0.2) is 28.0 Å². The third kappa shape index (κ3) is 2.13. The number of fused-ring (bicyclic) bond motifs is 1. The van der Waals surface area contributed by atoms with Gasteiger partial charge in [0.05, 0.1) is 4.90 Å². The van der Waals surface area contributed by atoms with Gasteiger partial charge in [0.2, 0.25) is 10.0 Å². The van der Waals surface area contributed by atoms with Crippen molar-refractivity contribution in [1.82, 2.24) is 23.8 Å². The molecule has 2 aromatic heterocycles. The van der Waals surface area contributed by atoms with Crippen LogP contribution in [0.2, 0.25) is 0 Å². The molecule has 0 unspecified atom stereocenters. The van der Waals surface area contributed by atoms with E-state index < -0.39 is 15.7 Å². The van der Waals surface area contributed by atoms with Gasteiger partial charge in [-0.25, -0.2) is 22.7 Å². The lowest BCUT2D eigenvalue weighted by Gasteiger charge is -2.31. The molecule has 9 heteroatoms. The Kier molecular flexibility index (Phi) is 3.11. The zero-order valence-electron chi connectivity index (χ0n) is 11.0. The van der Waals surface area contributed by atoms with Gasteiger partial charge in [0.15, 0.2) is 5.65 Å². The van der Waals surface area contributed by atoms with Gasteiger partial charge in [-0.2, -0.15) is 9.40 Å². The quantitative estimate of drug-likeness (QED) is 0.764. The molecule has 0 aromatic carbocycles. The van der Waals surface area contributed by atoms with Crippen molar-refractivity contribution in [2.45, 2.75) is 4.90 Å². The number of hydrogen-bond acceptors (Lipinski definition) is 5. The molecule has 0 amide bonds. The number of sulfonamides is 1. The standard InChI is InChI=1S/C11H15N5O3S/c1-14-4-6-15(7-5-14)20(18,19)9-2-3-10-12-13-11(17)16(10)8-9/h2-3,8H,4-7H2,1H3,(H,13,17). The van der Waals surface area contributed by atoms with E-state index in [0.29, 0.717) is 31.8 Å². The summed E-state index contributed by atoms with van der Waals surface area (Å²) in [6, 6.07) is 2.99. The number of nitrogens with one attached hydrogen (secondary N) is 1. The maximum absolute atomic E-state index is 12.5. The summed E-state index contributed by atoms with van der Waals surface area (Å²) < 4.78 is 27.7. The molecule has 2 aromatic rings. The van der Waals surface area contributed by atoms with E-state index in [2.05, 4.69) is 15.1 Å². The molecule has 108 valence electrons. The molecule has 20 heavy (non-hydrogen) atoms. The molecule has 0 spiro atoms. The largest absolute Gasteiger partial charge is 0.347 e. The van der Waals surface area contributed by atoms with E-state index in [4.69, 9.17) is 0 Å². The lowest BCUT2D eigenvalue weighted by Crippen LogP contribution is -2.47. The summed E-state index contributed by atoms with van der Waals surface area (Å²) in [6.45, 7) is 2.31. The van der Waals surface area contributed by atoms with Gasteiger partial charge in [-0.05, 0) is 19.2 Å².